The van der Waals surface area contributed by atoms with Crippen LogP contribution in [0.5, 0.6) is 0 Å². The van der Waals surface area contributed by atoms with Gasteiger partial charge in [0.05, 0.1) is 11.8 Å². The van der Waals surface area contributed by atoms with E-state index in [0.29, 0.717) is 16.8 Å². The largest absolute Gasteiger partial charge is 0.322 e. The van der Waals surface area contributed by atoms with Gasteiger partial charge in [-0.15, -0.1) is 0 Å². The Bertz CT molecular complexity index is 956. The Morgan fingerprint density at radius 3 is 2.33 bits per heavy atom. The summed E-state index contributed by atoms with van der Waals surface area (Å²) in [5, 5.41) is 6.74. The molecule has 1 heterocycles. The van der Waals surface area contributed by atoms with Crippen molar-refractivity contribution in [1.29, 1.82) is 0 Å². The zero-order valence-electron chi connectivity index (χ0n) is 14.1. The van der Waals surface area contributed by atoms with Gasteiger partial charge < -0.3 is 5.32 Å². The number of anilines is 1. The second-order valence-electron chi connectivity index (χ2n) is 5.52. The van der Waals surface area contributed by atoms with E-state index in [2.05, 4.69) is 36.8 Å². The van der Waals surface area contributed by atoms with Crippen LogP contribution in [-0.2, 0) is 0 Å². The maximum atomic E-state index is 12.3. The van der Waals surface area contributed by atoms with E-state index in [9.17, 15) is 9.59 Å². The minimum Gasteiger partial charge on any atom is -0.322 e. The molecule has 6 nitrogen and oxygen atoms in total. The number of carbonyl (C=O) groups excluding carboxylic acids is 2. The minimum absolute atomic E-state index is 0.203. The quantitative estimate of drug-likeness (QED) is 0.483. The molecule has 0 unspecified atom stereocenters. The summed E-state index contributed by atoms with van der Waals surface area (Å²) in [5.41, 5.74) is 4.84. The molecule has 0 atom stereocenters. The second kappa shape index (κ2) is 8.86. The Hall–Kier alpha value is -3.32. The molecule has 0 radical (unpaired) electrons. The van der Waals surface area contributed by atoms with Crippen LogP contribution >= 0.6 is 15.9 Å². The van der Waals surface area contributed by atoms with Crippen molar-refractivity contribution in [3.63, 3.8) is 0 Å². The zero-order chi connectivity index (χ0) is 19.1. The average molecular weight is 423 g/mol. The van der Waals surface area contributed by atoms with Gasteiger partial charge in [-0.3, -0.25) is 14.6 Å². The van der Waals surface area contributed by atoms with E-state index in [1.54, 1.807) is 42.6 Å². The van der Waals surface area contributed by atoms with Crippen LogP contribution in [0, 0.1) is 0 Å². The van der Waals surface area contributed by atoms with Crippen molar-refractivity contribution in [3.8, 4) is 0 Å². The summed E-state index contributed by atoms with van der Waals surface area (Å²) in [6.07, 6.45) is 4.56. The Balaban J connectivity index is 1.57. The Morgan fingerprint density at radius 2 is 1.67 bits per heavy atom. The first-order valence-electron chi connectivity index (χ1n) is 8.02. The van der Waals surface area contributed by atoms with Crippen LogP contribution in [0.15, 0.2) is 82.6 Å². The summed E-state index contributed by atoms with van der Waals surface area (Å²) in [6, 6.07) is 17.5. The zero-order valence-corrected chi connectivity index (χ0v) is 15.7. The third kappa shape index (κ3) is 5.32. The molecular formula is C20H15BrN4O2. The van der Waals surface area contributed by atoms with Crippen LogP contribution in [0.4, 0.5) is 5.69 Å². The SMILES string of the molecule is O=C(N/N=C/c1ccc(C(=O)Nc2ccc(Br)cc2)cc1)c1cccnc1. The van der Waals surface area contributed by atoms with Gasteiger partial charge in [0, 0.05) is 28.1 Å². The van der Waals surface area contributed by atoms with Gasteiger partial charge in [0.1, 0.15) is 0 Å². The van der Waals surface area contributed by atoms with E-state index in [1.165, 1.54) is 12.4 Å². The van der Waals surface area contributed by atoms with Crippen LogP contribution in [0.2, 0.25) is 0 Å². The molecule has 2 amide bonds. The topological polar surface area (TPSA) is 83.5 Å². The molecule has 3 aromatic rings. The lowest BCUT2D eigenvalue weighted by Gasteiger charge is -2.05. The maximum absolute atomic E-state index is 12.3. The van der Waals surface area contributed by atoms with Crippen molar-refractivity contribution in [2.45, 2.75) is 0 Å². The van der Waals surface area contributed by atoms with E-state index in [0.717, 1.165) is 10.0 Å². The number of carbonyl (C=O) groups is 2. The highest BCUT2D eigenvalue weighted by molar-refractivity contribution is 9.10. The molecule has 0 fully saturated rings. The Kier molecular flexibility index (Phi) is 6.06. The molecule has 134 valence electrons. The maximum Gasteiger partial charge on any atom is 0.272 e. The highest BCUT2D eigenvalue weighted by Crippen LogP contribution is 2.15. The number of halogens is 1. The van der Waals surface area contributed by atoms with Gasteiger partial charge in [-0.2, -0.15) is 5.10 Å². The molecule has 0 aliphatic heterocycles. The Morgan fingerprint density at radius 1 is 0.926 bits per heavy atom. The smallest absolute Gasteiger partial charge is 0.272 e. The van der Waals surface area contributed by atoms with Crippen molar-refractivity contribution >= 4 is 39.6 Å². The third-order valence-corrected chi connectivity index (χ3v) is 4.11. The molecule has 3 rings (SSSR count). The first-order chi connectivity index (χ1) is 13.1. The number of hydrogen-bond acceptors (Lipinski definition) is 4. The van der Waals surface area contributed by atoms with Crippen LogP contribution in [0.1, 0.15) is 26.3 Å². The van der Waals surface area contributed by atoms with E-state index >= 15 is 0 Å². The standard InChI is InChI=1S/C20H15BrN4O2/c21-17-7-9-18(10-8-17)24-19(26)15-5-3-14(4-6-15)12-23-25-20(27)16-2-1-11-22-13-16/h1-13H,(H,24,26)(H,25,27)/b23-12+. The fraction of sp³-hybridized carbons (Fsp3) is 0. The van der Waals surface area contributed by atoms with Gasteiger partial charge in [0.25, 0.3) is 11.8 Å². The predicted octanol–water partition coefficient (Wildman–Crippen LogP) is 3.86. The summed E-state index contributed by atoms with van der Waals surface area (Å²) in [6.45, 7) is 0. The van der Waals surface area contributed by atoms with E-state index < -0.39 is 0 Å². The van der Waals surface area contributed by atoms with Crippen molar-refractivity contribution in [1.82, 2.24) is 10.4 Å². The summed E-state index contributed by atoms with van der Waals surface area (Å²) in [5.74, 6) is -0.546. The number of hydrogen-bond donors (Lipinski definition) is 2. The van der Waals surface area contributed by atoms with Gasteiger partial charge in [0.15, 0.2) is 0 Å². The molecule has 1 aromatic heterocycles. The van der Waals surface area contributed by atoms with Gasteiger partial charge in [-0.1, -0.05) is 28.1 Å². The predicted molar refractivity (Wildman–Crippen MR) is 108 cm³/mol. The number of rotatable bonds is 5. The van der Waals surface area contributed by atoms with Gasteiger partial charge in [0.2, 0.25) is 0 Å². The Labute approximate surface area is 164 Å². The summed E-state index contributed by atoms with van der Waals surface area (Å²) in [4.78, 5) is 28.0. The molecule has 2 aromatic carbocycles. The molecule has 7 heteroatoms. The molecule has 2 N–H and O–H groups in total. The lowest BCUT2D eigenvalue weighted by Crippen LogP contribution is -2.17. The first-order valence-corrected chi connectivity index (χ1v) is 8.81. The van der Waals surface area contributed by atoms with Gasteiger partial charge in [-0.25, -0.2) is 5.43 Å². The molecule has 0 aliphatic carbocycles. The van der Waals surface area contributed by atoms with Crippen LogP contribution < -0.4 is 10.7 Å². The normalized spacial score (nSPS) is 10.6. The fourth-order valence-corrected chi connectivity index (χ4v) is 2.45. The monoisotopic (exact) mass is 422 g/mol. The minimum atomic E-state index is -0.343. The van der Waals surface area contributed by atoms with E-state index in [1.807, 2.05) is 24.3 Å². The molecule has 27 heavy (non-hydrogen) atoms. The number of benzene rings is 2. The number of hydrazone groups is 1. The summed E-state index contributed by atoms with van der Waals surface area (Å²) >= 11 is 3.35. The highest BCUT2D eigenvalue weighted by Gasteiger charge is 2.06. The van der Waals surface area contributed by atoms with E-state index in [4.69, 9.17) is 0 Å². The molecule has 0 saturated carbocycles. The average Bonchev–Trinajstić information content (AvgIpc) is 2.71. The van der Waals surface area contributed by atoms with Crippen molar-refractivity contribution < 1.29 is 9.59 Å². The highest BCUT2D eigenvalue weighted by atomic mass is 79.9. The summed E-state index contributed by atoms with van der Waals surface area (Å²) < 4.78 is 0.944. The number of pyridine rings is 1. The lowest BCUT2D eigenvalue weighted by molar-refractivity contribution is 0.0954. The number of nitrogens with one attached hydrogen (secondary N) is 2. The van der Waals surface area contributed by atoms with Crippen LogP contribution in [0.25, 0.3) is 0 Å². The number of aromatic nitrogens is 1. The third-order valence-electron chi connectivity index (χ3n) is 3.58. The van der Waals surface area contributed by atoms with Crippen molar-refractivity contribution in [3.05, 3.63) is 94.2 Å². The van der Waals surface area contributed by atoms with Crippen LogP contribution in [-0.4, -0.2) is 23.0 Å². The van der Waals surface area contributed by atoms with Gasteiger partial charge >= 0.3 is 0 Å². The lowest BCUT2D eigenvalue weighted by atomic mass is 10.1. The van der Waals surface area contributed by atoms with Gasteiger partial charge in [-0.05, 0) is 54.1 Å². The van der Waals surface area contributed by atoms with Crippen molar-refractivity contribution in [2.24, 2.45) is 5.10 Å². The fourth-order valence-electron chi connectivity index (χ4n) is 2.18. The first kappa shape index (κ1) is 18.5. The van der Waals surface area contributed by atoms with Crippen molar-refractivity contribution in [2.75, 3.05) is 5.32 Å². The number of amides is 2. The molecule has 0 spiro atoms. The number of nitrogens with zero attached hydrogens (tertiary/aromatic N) is 2. The van der Waals surface area contributed by atoms with Crippen LogP contribution in [0.3, 0.4) is 0 Å². The second-order valence-corrected chi connectivity index (χ2v) is 6.44. The van der Waals surface area contributed by atoms with E-state index in [-0.39, 0.29) is 11.8 Å². The molecular weight excluding hydrogens is 408 g/mol. The molecule has 0 aliphatic rings. The molecule has 0 bridgehead atoms. The molecule has 0 saturated heterocycles. The summed E-state index contributed by atoms with van der Waals surface area (Å²) in [7, 11) is 0.